The summed E-state index contributed by atoms with van der Waals surface area (Å²) in [5.74, 6) is 0.732. The number of likely N-dealkylation sites (N-methyl/N-ethyl adjacent to an activating group) is 1. The molecule has 3 nitrogen and oxygen atoms in total. The van der Waals surface area contributed by atoms with Gasteiger partial charge >= 0.3 is 0 Å². The van der Waals surface area contributed by atoms with Gasteiger partial charge in [0.2, 0.25) is 0 Å². The van der Waals surface area contributed by atoms with Crippen LogP contribution in [0.5, 0.6) is 0 Å². The molecule has 0 saturated carbocycles. The van der Waals surface area contributed by atoms with Gasteiger partial charge in [0.1, 0.15) is 0 Å². The molecule has 0 aliphatic rings. The third-order valence-electron chi connectivity index (χ3n) is 2.34. The molecule has 0 rings (SSSR count). The summed E-state index contributed by atoms with van der Waals surface area (Å²) < 4.78 is 0. The minimum absolute atomic E-state index is 0.0364. The zero-order valence-corrected chi connectivity index (χ0v) is 9.03. The zero-order valence-electron chi connectivity index (χ0n) is 9.03. The van der Waals surface area contributed by atoms with Gasteiger partial charge in [0.15, 0.2) is 0 Å². The highest BCUT2D eigenvalue weighted by atomic mass is 16.3. The van der Waals surface area contributed by atoms with E-state index >= 15 is 0 Å². The van der Waals surface area contributed by atoms with Gasteiger partial charge in [-0.1, -0.05) is 13.8 Å². The molecule has 0 unspecified atom stereocenters. The third kappa shape index (κ3) is 6.02. The first-order valence-corrected chi connectivity index (χ1v) is 5.03. The second-order valence-electron chi connectivity index (χ2n) is 4.04. The van der Waals surface area contributed by atoms with Crippen molar-refractivity contribution in [2.75, 3.05) is 26.8 Å². The molecule has 0 radical (unpaired) electrons. The molecule has 13 heavy (non-hydrogen) atoms. The normalized spacial score (nSPS) is 12.0. The molecule has 0 aromatic carbocycles. The molecule has 0 fully saturated rings. The standard InChI is InChI=1S/C10H23NO2/c1-9(2)5-4-6-11(3)10(7-12)8-13/h9-10,12-13H,4-8H2,1-3H3. The Morgan fingerprint density at radius 3 is 2.08 bits per heavy atom. The van der Waals surface area contributed by atoms with Crippen molar-refractivity contribution < 1.29 is 10.2 Å². The van der Waals surface area contributed by atoms with Crippen molar-refractivity contribution in [3.63, 3.8) is 0 Å². The number of aliphatic hydroxyl groups excluding tert-OH is 2. The lowest BCUT2D eigenvalue weighted by Gasteiger charge is -2.24. The number of hydrogen-bond acceptors (Lipinski definition) is 3. The molecule has 0 aliphatic carbocycles. The first-order valence-electron chi connectivity index (χ1n) is 5.03. The zero-order chi connectivity index (χ0) is 10.3. The minimum atomic E-state index is -0.0906. The Kier molecular flexibility index (Phi) is 7.23. The maximum absolute atomic E-state index is 8.90. The van der Waals surface area contributed by atoms with Gasteiger partial charge in [0, 0.05) is 0 Å². The van der Waals surface area contributed by atoms with Gasteiger partial charge in [-0.2, -0.15) is 0 Å². The first kappa shape index (κ1) is 12.9. The molecule has 80 valence electrons. The van der Waals surface area contributed by atoms with E-state index in [0.29, 0.717) is 0 Å². The fourth-order valence-electron chi connectivity index (χ4n) is 1.27. The monoisotopic (exact) mass is 189 g/mol. The quantitative estimate of drug-likeness (QED) is 0.620. The van der Waals surface area contributed by atoms with Crippen LogP contribution in [-0.2, 0) is 0 Å². The van der Waals surface area contributed by atoms with E-state index in [1.54, 1.807) is 0 Å². The molecule has 0 saturated heterocycles. The third-order valence-corrected chi connectivity index (χ3v) is 2.34. The van der Waals surface area contributed by atoms with Crippen LogP contribution >= 0.6 is 0 Å². The topological polar surface area (TPSA) is 43.7 Å². The van der Waals surface area contributed by atoms with Crippen molar-refractivity contribution in [3.8, 4) is 0 Å². The van der Waals surface area contributed by atoms with Crippen LogP contribution in [0.15, 0.2) is 0 Å². The summed E-state index contributed by atoms with van der Waals surface area (Å²) in [5, 5.41) is 17.8. The molecular weight excluding hydrogens is 166 g/mol. The summed E-state index contributed by atoms with van der Waals surface area (Å²) in [7, 11) is 1.94. The average Bonchev–Trinajstić information content (AvgIpc) is 2.05. The van der Waals surface area contributed by atoms with E-state index < -0.39 is 0 Å². The van der Waals surface area contributed by atoms with E-state index in [1.807, 2.05) is 11.9 Å². The Bertz CT molecular complexity index is 113. The lowest BCUT2D eigenvalue weighted by Crippen LogP contribution is -2.38. The van der Waals surface area contributed by atoms with Crippen molar-refractivity contribution in [1.29, 1.82) is 0 Å². The van der Waals surface area contributed by atoms with E-state index in [9.17, 15) is 0 Å². The Balaban J connectivity index is 3.53. The van der Waals surface area contributed by atoms with Crippen LogP contribution < -0.4 is 0 Å². The number of rotatable bonds is 7. The molecule has 3 heteroatoms. The van der Waals surface area contributed by atoms with Crippen LogP contribution in [0, 0.1) is 5.92 Å². The van der Waals surface area contributed by atoms with Gasteiger partial charge in [-0.05, 0) is 32.4 Å². The number of aliphatic hydroxyl groups is 2. The summed E-state index contributed by atoms with van der Waals surface area (Å²) in [6.07, 6.45) is 2.33. The molecule has 0 heterocycles. The van der Waals surface area contributed by atoms with E-state index in [2.05, 4.69) is 13.8 Å². The highest BCUT2D eigenvalue weighted by Crippen LogP contribution is 2.05. The lowest BCUT2D eigenvalue weighted by molar-refractivity contribution is 0.0901. The molecule has 2 N–H and O–H groups in total. The van der Waals surface area contributed by atoms with Crippen molar-refractivity contribution in [3.05, 3.63) is 0 Å². The van der Waals surface area contributed by atoms with E-state index in [0.717, 1.165) is 18.9 Å². The Morgan fingerprint density at radius 2 is 1.69 bits per heavy atom. The van der Waals surface area contributed by atoms with Gasteiger partial charge in [0.05, 0.1) is 19.3 Å². The molecule has 0 spiro atoms. The lowest BCUT2D eigenvalue weighted by atomic mass is 10.1. The van der Waals surface area contributed by atoms with Crippen molar-refractivity contribution in [2.45, 2.75) is 32.7 Å². The molecular formula is C10H23NO2. The molecule has 0 aromatic rings. The van der Waals surface area contributed by atoms with Crippen molar-refractivity contribution in [2.24, 2.45) is 5.92 Å². The Hall–Kier alpha value is -0.120. The van der Waals surface area contributed by atoms with Crippen LogP contribution in [0.25, 0.3) is 0 Å². The number of nitrogens with zero attached hydrogens (tertiary/aromatic N) is 1. The highest BCUT2D eigenvalue weighted by Gasteiger charge is 2.11. The van der Waals surface area contributed by atoms with Gasteiger partial charge < -0.3 is 10.2 Å². The maximum Gasteiger partial charge on any atom is 0.0609 e. The predicted molar refractivity (Wildman–Crippen MR) is 54.7 cm³/mol. The van der Waals surface area contributed by atoms with E-state index in [4.69, 9.17) is 10.2 Å². The maximum atomic E-state index is 8.90. The summed E-state index contributed by atoms with van der Waals surface area (Å²) >= 11 is 0. The summed E-state index contributed by atoms with van der Waals surface area (Å²) in [4.78, 5) is 2.02. The van der Waals surface area contributed by atoms with Gasteiger partial charge in [-0.25, -0.2) is 0 Å². The summed E-state index contributed by atoms with van der Waals surface area (Å²) in [6.45, 7) is 5.43. The second-order valence-corrected chi connectivity index (χ2v) is 4.04. The van der Waals surface area contributed by atoms with E-state index in [-0.39, 0.29) is 19.3 Å². The van der Waals surface area contributed by atoms with Gasteiger partial charge in [-0.15, -0.1) is 0 Å². The first-order chi connectivity index (χ1) is 6.11. The highest BCUT2D eigenvalue weighted by molar-refractivity contribution is 4.65. The van der Waals surface area contributed by atoms with Gasteiger partial charge in [-0.3, -0.25) is 4.90 Å². The Morgan fingerprint density at radius 1 is 1.15 bits per heavy atom. The molecule has 0 bridgehead atoms. The van der Waals surface area contributed by atoms with Crippen molar-refractivity contribution >= 4 is 0 Å². The molecule has 0 aliphatic heterocycles. The van der Waals surface area contributed by atoms with E-state index in [1.165, 1.54) is 6.42 Å². The van der Waals surface area contributed by atoms with Crippen LogP contribution in [0.3, 0.4) is 0 Å². The molecule has 0 aromatic heterocycles. The van der Waals surface area contributed by atoms with Crippen LogP contribution in [0.1, 0.15) is 26.7 Å². The Labute approximate surface area is 81.4 Å². The SMILES string of the molecule is CC(C)CCCN(C)C(CO)CO. The van der Waals surface area contributed by atoms with Crippen LogP contribution in [0.2, 0.25) is 0 Å². The second kappa shape index (κ2) is 7.30. The van der Waals surface area contributed by atoms with Gasteiger partial charge in [0.25, 0.3) is 0 Å². The molecule has 0 atom stereocenters. The fourth-order valence-corrected chi connectivity index (χ4v) is 1.27. The number of hydrogen-bond donors (Lipinski definition) is 2. The smallest absolute Gasteiger partial charge is 0.0609 e. The largest absolute Gasteiger partial charge is 0.395 e. The average molecular weight is 189 g/mol. The summed E-state index contributed by atoms with van der Waals surface area (Å²) in [5.41, 5.74) is 0. The minimum Gasteiger partial charge on any atom is -0.395 e. The summed E-state index contributed by atoms with van der Waals surface area (Å²) in [6, 6.07) is -0.0906. The predicted octanol–water partition coefficient (Wildman–Crippen LogP) is 0.708. The van der Waals surface area contributed by atoms with Crippen LogP contribution in [-0.4, -0.2) is 48.0 Å². The van der Waals surface area contributed by atoms with Crippen LogP contribution in [0.4, 0.5) is 0 Å². The molecule has 0 amide bonds. The fraction of sp³-hybridized carbons (Fsp3) is 1.00. The van der Waals surface area contributed by atoms with Crippen molar-refractivity contribution in [1.82, 2.24) is 4.90 Å².